The number of rotatable bonds is 11. The highest BCUT2D eigenvalue weighted by molar-refractivity contribution is 4.82. The third kappa shape index (κ3) is 7.34. The maximum atomic E-state index is 3.54. The summed E-state index contributed by atoms with van der Waals surface area (Å²) in [5.41, 5.74) is 0.447. The summed E-state index contributed by atoms with van der Waals surface area (Å²) in [6.07, 6.45) is 3.78. The van der Waals surface area contributed by atoms with Crippen molar-refractivity contribution in [2.45, 2.75) is 40.0 Å². The van der Waals surface area contributed by atoms with Gasteiger partial charge in [-0.15, -0.1) is 0 Å². The zero-order valence-corrected chi connectivity index (χ0v) is 13.6. The molecule has 0 aliphatic rings. The van der Waals surface area contributed by atoms with Gasteiger partial charge < -0.3 is 15.1 Å². The predicted molar refractivity (Wildman–Crippen MR) is 82.2 cm³/mol. The van der Waals surface area contributed by atoms with E-state index in [9.17, 15) is 0 Å². The van der Waals surface area contributed by atoms with E-state index in [1.54, 1.807) is 0 Å². The minimum Gasteiger partial charge on any atom is -0.316 e. The largest absolute Gasteiger partial charge is 0.316 e. The Balaban J connectivity index is 4.13. The SMILES string of the molecule is CCNCC(CC)(CC)CN(C)CCCN(C)C. The Morgan fingerprint density at radius 3 is 2.00 bits per heavy atom. The first-order valence-corrected chi connectivity index (χ1v) is 7.53. The molecule has 0 aliphatic carbocycles. The summed E-state index contributed by atoms with van der Waals surface area (Å²) in [5.74, 6) is 0. The van der Waals surface area contributed by atoms with Crippen molar-refractivity contribution in [2.24, 2.45) is 5.41 Å². The summed E-state index contributed by atoms with van der Waals surface area (Å²) in [6, 6.07) is 0. The van der Waals surface area contributed by atoms with Gasteiger partial charge in [0.25, 0.3) is 0 Å². The van der Waals surface area contributed by atoms with Gasteiger partial charge in [-0.05, 0) is 65.5 Å². The van der Waals surface area contributed by atoms with Gasteiger partial charge in [-0.2, -0.15) is 0 Å². The van der Waals surface area contributed by atoms with Crippen LogP contribution in [-0.4, -0.2) is 63.7 Å². The summed E-state index contributed by atoms with van der Waals surface area (Å²) in [5, 5.41) is 3.54. The van der Waals surface area contributed by atoms with E-state index in [1.807, 2.05) is 0 Å². The number of nitrogens with zero attached hydrogens (tertiary/aromatic N) is 2. The molecule has 3 heteroatoms. The molecule has 1 N–H and O–H groups in total. The van der Waals surface area contributed by atoms with Gasteiger partial charge in [-0.3, -0.25) is 0 Å². The van der Waals surface area contributed by atoms with Crippen LogP contribution in [0.1, 0.15) is 40.0 Å². The second-order valence-corrected chi connectivity index (χ2v) is 5.88. The van der Waals surface area contributed by atoms with Crippen molar-refractivity contribution in [2.75, 3.05) is 53.9 Å². The van der Waals surface area contributed by atoms with Gasteiger partial charge in [-0.1, -0.05) is 20.8 Å². The standard InChI is InChI=1S/C15H35N3/c1-7-15(8-2,13-16-9-3)14-18(6)12-10-11-17(4)5/h16H,7-14H2,1-6H3. The maximum absolute atomic E-state index is 3.54. The summed E-state index contributed by atoms with van der Waals surface area (Å²) in [7, 11) is 6.56. The van der Waals surface area contributed by atoms with E-state index < -0.39 is 0 Å². The van der Waals surface area contributed by atoms with Gasteiger partial charge in [0.2, 0.25) is 0 Å². The van der Waals surface area contributed by atoms with E-state index in [-0.39, 0.29) is 0 Å². The zero-order chi connectivity index (χ0) is 14.0. The molecular formula is C15H35N3. The third-order valence-corrected chi connectivity index (χ3v) is 4.00. The van der Waals surface area contributed by atoms with Crippen LogP contribution in [0.2, 0.25) is 0 Å². The van der Waals surface area contributed by atoms with Gasteiger partial charge in [0.15, 0.2) is 0 Å². The first-order chi connectivity index (χ1) is 8.49. The average molecular weight is 257 g/mol. The molecule has 0 radical (unpaired) electrons. The highest BCUT2D eigenvalue weighted by Gasteiger charge is 2.26. The second kappa shape index (κ2) is 9.76. The van der Waals surface area contributed by atoms with Crippen LogP contribution in [-0.2, 0) is 0 Å². The molecule has 0 bridgehead atoms. The molecule has 0 amide bonds. The van der Waals surface area contributed by atoms with Crippen molar-refractivity contribution >= 4 is 0 Å². The van der Waals surface area contributed by atoms with Crippen molar-refractivity contribution in [3.8, 4) is 0 Å². The quantitative estimate of drug-likeness (QED) is 0.613. The molecule has 0 aliphatic heterocycles. The molecule has 0 saturated heterocycles. The van der Waals surface area contributed by atoms with E-state index in [1.165, 1.54) is 38.9 Å². The lowest BCUT2D eigenvalue weighted by Crippen LogP contribution is -2.43. The maximum Gasteiger partial charge on any atom is 0.00469 e. The molecule has 0 saturated carbocycles. The van der Waals surface area contributed by atoms with Crippen LogP contribution in [0.15, 0.2) is 0 Å². The molecule has 0 unspecified atom stereocenters. The molecule has 0 aromatic carbocycles. The van der Waals surface area contributed by atoms with Gasteiger partial charge in [0.05, 0.1) is 0 Å². The molecule has 0 fully saturated rings. The fourth-order valence-corrected chi connectivity index (χ4v) is 2.48. The molecule has 18 heavy (non-hydrogen) atoms. The Morgan fingerprint density at radius 1 is 0.944 bits per heavy atom. The second-order valence-electron chi connectivity index (χ2n) is 5.88. The van der Waals surface area contributed by atoms with Crippen molar-refractivity contribution in [1.82, 2.24) is 15.1 Å². The molecule has 0 rings (SSSR count). The van der Waals surface area contributed by atoms with Gasteiger partial charge in [0, 0.05) is 13.1 Å². The summed E-state index contributed by atoms with van der Waals surface area (Å²) in [4.78, 5) is 4.77. The van der Waals surface area contributed by atoms with Crippen LogP contribution in [0.5, 0.6) is 0 Å². The summed E-state index contributed by atoms with van der Waals surface area (Å²) < 4.78 is 0. The van der Waals surface area contributed by atoms with E-state index >= 15 is 0 Å². The highest BCUT2D eigenvalue weighted by atomic mass is 15.1. The fourth-order valence-electron chi connectivity index (χ4n) is 2.48. The summed E-state index contributed by atoms with van der Waals surface area (Å²) in [6.45, 7) is 12.7. The van der Waals surface area contributed by atoms with Crippen LogP contribution in [0.3, 0.4) is 0 Å². The Labute approximate surface area is 115 Å². The zero-order valence-electron chi connectivity index (χ0n) is 13.6. The van der Waals surface area contributed by atoms with Crippen LogP contribution < -0.4 is 5.32 Å². The molecule has 0 heterocycles. The van der Waals surface area contributed by atoms with Crippen LogP contribution in [0, 0.1) is 5.41 Å². The predicted octanol–water partition coefficient (Wildman–Crippen LogP) is 2.29. The number of nitrogens with one attached hydrogen (secondary N) is 1. The van der Waals surface area contributed by atoms with Crippen LogP contribution in [0.25, 0.3) is 0 Å². The first-order valence-electron chi connectivity index (χ1n) is 7.53. The lowest BCUT2D eigenvalue weighted by molar-refractivity contribution is 0.152. The normalized spacial score (nSPS) is 12.7. The van der Waals surface area contributed by atoms with Crippen molar-refractivity contribution < 1.29 is 0 Å². The minimum absolute atomic E-state index is 0.447. The smallest absolute Gasteiger partial charge is 0.00469 e. The topological polar surface area (TPSA) is 18.5 Å². The molecule has 0 spiro atoms. The van der Waals surface area contributed by atoms with E-state index in [0.717, 1.165) is 13.1 Å². The molecule has 0 aromatic rings. The Hall–Kier alpha value is -0.120. The van der Waals surface area contributed by atoms with Crippen LogP contribution in [0.4, 0.5) is 0 Å². The van der Waals surface area contributed by atoms with Crippen molar-refractivity contribution in [3.05, 3.63) is 0 Å². The monoisotopic (exact) mass is 257 g/mol. The number of hydrogen-bond donors (Lipinski definition) is 1. The van der Waals surface area contributed by atoms with E-state index in [0.29, 0.717) is 5.41 Å². The highest BCUT2D eigenvalue weighted by Crippen LogP contribution is 2.26. The van der Waals surface area contributed by atoms with E-state index in [4.69, 9.17) is 0 Å². The van der Waals surface area contributed by atoms with E-state index in [2.05, 4.69) is 57.0 Å². The third-order valence-electron chi connectivity index (χ3n) is 4.00. The van der Waals surface area contributed by atoms with Gasteiger partial charge >= 0.3 is 0 Å². The summed E-state index contributed by atoms with van der Waals surface area (Å²) >= 11 is 0. The first kappa shape index (κ1) is 17.9. The lowest BCUT2D eigenvalue weighted by Gasteiger charge is -2.36. The molecule has 0 aromatic heterocycles. The minimum atomic E-state index is 0.447. The molecule has 3 nitrogen and oxygen atoms in total. The lowest BCUT2D eigenvalue weighted by atomic mass is 9.81. The Bertz CT molecular complexity index is 188. The fraction of sp³-hybridized carbons (Fsp3) is 1.00. The van der Waals surface area contributed by atoms with Gasteiger partial charge in [-0.25, -0.2) is 0 Å². The Kier molecular flexibility index (Phi) is 9.70. The average Bonchev–Trinajstić information content (AvgIpc) is 2.34. The van der Waals surface area contributed by atoms with Crippen LogP contribution >= 0.6 is 0 Å². The van der Waals surface area contributed by atoms with Gasteiger partial charge in [0.1, 0.15) is 0 Å². The molecule has 0 atom stereocenters. The Morgan fingerprint density at radius 2 is 1.56 bits per heavy atom. The molecule has 110 valence electrons. The molecular weight excluding hydrogens is 222 g/mol. The van der Waals surface area contributed by atoms with Crippen molar-refractivity contribution in [3.63, 3.8) is 0 Å². The van der Waals surface area contributed by atoms with Crippen molar-refractivity contribution in [1.29, 1.82) is 0 Å². The number of hydrogen-bond acceptors (Lipinski definition) is 3.